The molecule has 0 radical (unpaired) electrons. The minimum Gasteiger partial charge on any atom is -0.300 e. The van der Waals surface area contributed by atoms with E-state index in [0.717, 1.165) is 37.0 Å². The fourth-order valence-electron chi connectivity index (χ4n) is 8.69. The Kier molecular flexibility index (Phi) is 4.84. The van der Waals surface area contributed by atoms with Gasteiger partial charge in [0.05, 0.1) is 0 Å². The molecule has 4 aliphatic rings. The van der Waals surface area contributed by atoms with Crippen molar-refractivity contribution in [2.45, 2.75) is 91.9 Å². The van der Waals surface area contributed by atoms with Gasteiger partial charge in [0.1, 0.15) is 5.78 Å². The van der Waals surface area contributed by atoms with Crippen molar-refractivity contribution in [1.82, 2.24) is 0 Å². The van der Waals surface area contributed by atoms with Crippen LogP contribution >= 0.6 is 0 Å². The maximum atomic E-state index is 12.3. The predicted molar refractivity (Wildman–Crippen MR) is 124 cm³/mol. The van der Waals surface area contributed by atoms with Crippen molar-refractivity contribution >= 4 is 5.78 Å². The smallest absolute Gasteiger partial charge is 0.133 e. The second-order valence-electron chi connectivity index (χ2n) is 12.0. The van der Waals surface area contributed by atoms with Crippen LogP contribution in [0, 0.1) is 34.0 Å². The highest BCUT2D eigenvalue weighted by molar-refractivity contribution is 5.80. The number of hydrogen-bond donors (Lipinski definition) is 0. The number of carbonyl (C=O) groups excluding carboxylic acids is 1. The molecule has 0 bridgehead atoms. The Hall–Kier alpha value is -1.37. The van der Waals surface area contributed by atoms with Crippen LogP contribution < -0.4 is 0 Å². The van der Waals surface area contributed by atoms with Crippen LogP contribution in [0.2, 0.25) is 0 Å². The molecule has 0 aromatic heterocycles. The summed E-state index contributed by atoms with van der Waals surface area (Å²) in [6, 6.07) is 11.1. The fourth-order valence-corrected chi connectivity index (χ4v) is 8.69. The zero-order chi connectivity index (χ0) is 21.1. The Balaban J connectivity index is 1.44. The highest BCUT2D eigenvalue weighted by atomic mass is 16.1. The Morgan fingerprint density at radius 1 is 0.967 bits per heavy atom. The number of carbonyl (C=O) groups is 1. The van der Waals surface area contributed by atoms with E-state index >= 15 is 0 Å². The molecule has 5 rings (SSSR count). The second kappa shape index (κ2) is 7.07. The van der Waals surface area contributed by atoms with Gasteiger partial charge in [-0.2, -0.15) is 0 Å². The first kappa shape index (κ1) is 20.5. The van der Waals surface area contributed by atoms with Gasteiger partial charge < -0.3 is 0 Å². The van der Waals surface area contributed by atoms with Crippen LogP contribution in [0.25, 0.3) is 0 Å². The Morgan fingerprint density at radius 2 is 1.73 bits per heavy atom. The first-order chi connectivity index (χ1) is 14.3. The SMILES string of the molecule is C[C@H](Cc1ccccc1)[C@H]1CCC2=C3CCC4(C)CC(=O)CC[C@]4(C)[C@H]3CC[C@@]21C. The third kappa shape index (κ3) is 2.90. The summed E-state index contributed by atoms with van der Waals surface area (Å²) in [5, 5.41) is 0. The topological polar surface area (TPSA) is 17.1 Å². The van der Waals surface area contributed by atoms with Crippen LogP contribution in [-0.4, -0.2) is 5.78 Å². The lowest BCUT2D eigenvalue weighted by Crippen LogP contribution is -2.53. The quantitative estimate of drug-likeness (QED) is 0.475. The van der Waals surface area contributed by atoms with Gasteiger partial charge in [0.25, 0.3) is 0 Å². The first-order valence-corrected chi connectivity index (χ1v) is 12.5. The van der Waals surface area contributed by atoms with Crippen molar-refractivity contribution in [2.75, 3.05) is 0 Å². The molecule has 6 atom stereocenters. The lowest BCUT2D eigenvalue weighted by atomic mass is 9.43. The summed E-state index contributed by atoms with van der Waals surface area (Å²) in [5.41, 5.74) is 6.18. The number of allylic oxidation sites excluding steroid dienone is 2. The molecule has 4 aliphatic carbocycles. The van der Waals surface area contributed by atoms with Gasteiger partial charge >= 0.3 is 0 Å². The zero-order valence-electron chi connectivity index (χ0n) is 19.6. The van der Waals surface area contributed by atoms with E-state index in [-0.39, 0.29) is 5.41 Å². The van der Waals surface area contributed by atoms with Crippen LogP contribution in [0.15, 0.2) is 41.5 Å². The summed E-state index contributed by atoms with van der Waals surface area (Å²) in [7, 11) is 0. The van der Waals surface area contributed by atoms with Gasteiger partial charge in [-0.05, 0) is 90.9 Å². The average Bonchev–Trinajstić information content (AvgIpc) is 3.07. The summed E-state index contributed by atoms with van der Waals surface area (Å²) >= 11 is 0. The van der Waals surface area contributed by atoms with E-state index in [0.29, 0.717) is 16.6 Å². The zero-order valence-corrected chi connectivity index (χ0v) is 19.6. The van der Waals surface area contributed by atoms with Crippen molar-refractivity contribution < 1.29 is 4.79 Å². The van der Waals surface area contributed by atoms with E-state index < -0.39 is 0 Å². The molecule has 1 heteroatoms. The number of ketones is 1. The van der Waals surface area contributed by atoms with E-state index in [1.807, 2.05) is 11.1 Å². The number of fused-ring (bicyclic) bond motifs is 4. The minimum atomic E-state index is 0.226. The third-order valence-corrected chi connectivity index (χ3v) is 10.7. The average molecular weight is 405 g/mol. The first-order valence-electron chi connectivity index (χ1n) is 12.5. The molecule has 1 aromatic carbocycles. The molecule has 3 fully saturated rings. The van der Waals surface area contributed by atoms with Crippen LogP contribution in [0.5, 0.6) is 0 Å². The van der Waals surface area contributed by atoms with E-state index in [4.69, 9.17) is 0 Å². The molecule has 3 saturated carbocycles. The Morgan fingerprint density at radius 3 is 2.50 bits per heavy atom. The number of benzene rings is 1. The number of hydrogen-bond acceptors (Lipinski definition) is 1. The van der Waals surface area contributed by atoms with Crippen LogP contribution in [0.3, 0.4) is 0 Å². The summed E-state index contributed by atoms with van der Waals surface area (Å²) in [5.74, 6) is 2.80. The van der Waals surface area contributed by atoms with E-state index in [9.17, 15) is 4.79 Å². The molecular formula is C29H40O. The van der Waals surface area contributed by atoms with Crippen LogP contribution in [0.4, 0.5) is 0 Å². The van der Waals surface area contributed by atoms with E-state index in [1.54, 1.807) is 0 Å². The van der Waals surface area contributed by atoms with Crippen LogP contribution in [-0.2, 0) is 11.2 Å². The molecule has 1 unspecified atom stereocenters. The summed E-state index contributed by atoms with van der Waals surface area (Å²) in [6.45, 7) is 10.1. The van der Waals surface area contributed by atoms with Gasteiger partial charge in [-0.15, -0.1) is 0 Å². The molecule has 0 aliphatic heterocycles. The second-order valence-corrected chi connectivity index (χ2v) is 12.0. The van der Waals surface area contributed by atoms with Gasteiger partial charge in [-0.25, -0.2) is 0 Å². The van der Waals surface area contributed by atoms with E-state index in [2.05, 4.69) is 58.0 Å². The summed E-state index contributed by atoms with van der Waals surface area (Å²) < 4.78 is 0. The molecule has 0 saturated heterocycles. The van der Waals surface area contributed by atoms with Gasteiger partial charge in [0.2, 0.25) is 0 Å². The molecule has 0 amide bonds. The summed E-state index contributed by atoms with van der Waals surface area (Å²) in [4.78, 5) is 12.3. The monoisotopic (exact) mass is 404 g/mol. The third-order valence-electron chi connectivity index (χ3n) is 10.7. The molecule has 1 nitrogen and oxygen atoms in total. The molecule has 30 heavy (non-hydrogen) atoms. The predicted octanol–water partition coefficient (Wildman–Crippen LogP) is 7.55. The lowest BCUT2D eigenvalue weighted by molar-refractivity contribution is -0.136. The van der Waals surface area contributed by atoms with Crippen molar-refractivity contribution in [3.63, 3.8) is 0 Å². The molecular weight excluding hydrogens is 364 g/mol. The van der Waals surface area contributed by atoms with Crippen molar-refractivity contribution in [3.8, 4) is 0 Å². The fraction of sp³-hybridized carbons (Fsp3) is 0.690. The number of Topliss-reactive ketones (excluding diaryl/α,β-unsaturated/α-hetero) is 1. The largest absolute Gasteiger partial charge is 0.300 e. The Bertz CT molecular complexity index is 866. The standard InChI is InChI=1S/C29H40O/c1-20(18-21-8-6-5-7-9-21)24-10-11-25-23-13-15-27(2)19-22(30)12-17-29(27,4)26(23)14-16-28(24,25)3/h5-9,20,24,26H,10-19H2,1-4H3/t20-,24-,26+,27?,28-,29-/m1/s1. The van der Waals surface area contributed by atoms with Crippen LogP contribution in [0.1, 0.15) is 91.0 Å². The molecule has 162 valence electrons. The van der Waals surface area contributed by atoms with Gasteiger partial charge in [-0.3, -0.25) is 4.79 Å². The minimum absolute atomic E-state index is 0.226. The lowest BCUT2D eigenvalue weighted by Gasteiger charge is -2.61. The molecule has 0 N–H and O–H groups in total. The maximum absolute atomic E-state index is 12.3. The van der Waals surface area contributed by atoms with Gasteiger partial charge in [-0.1, -0.05) is 69.2 Å². The van der Waals surface area contributed by atoms with Crippen molar-refractivity contribution in [1.29, 1.82) is 0 Å². The normalized spacial score (nSPS) is 41.8. The molecule has 0 spiro atoms. The molecule has 1 aromatic rings. The maximum Gasteiger partial charge on any atom is 0.133 e. The van der Waals surface area contributed by atoms with Crippen molar-refractivity contribution in [3.05, 3.63) is 47.0 Å². The highest BCUT2D eigenvalue weighted by Crippen LogP contribution is 2.68. The number of rotatable bonds is 3. The Labute approximate surface area is 183 Å². The van der Waals surface area contributed by atoms with E-state index in [1.165, 1.54) is 50.5 Å². The van der Waals surface area contributed by atoms with Crippen molar-refractivity contribution in [2.24, 2.45) is 34.0 Å². The molecule has 0 heterocycles. The van der Waals surface area contributed by atoms with Gasteiger partial charge in [0.15, 0.2) is 0 Å². The highest BCUT2D eigenvalue weighted by Gasteiger charge is 2.59. The summed E-state index contributed by atoms with van der Waals surface area (Å²) in [6.07, 6.45) is 11.9. The van der Waals surface area contributed by atoms with Gasteiger partial charge in [0, 0.05) is 12.8 Å².